The SMILES string of the molecule is [CH2]CCCC(=O)OCC1c2ccccc2-c2ccccc21. The van der Waals surface area contributed by atoms with Crippen molar-refractivity contribution in [3.05, 3.63) is 66.6 Å². The lowest BCUT2D eigenvalue weighted by Gasteiger charge is -2.14. The first-order chi connectivity index (χ1) is 10.3. The van der Waals surface area contributed by atoms with E-state index in [9.17, 15) is 4.79 Å². The predicted octanol–water partition coefficient (Wildman–Crippen LogP) is 4.35. The smallest absolute Gasteiger partial charge is 0.305 e. The molecule has 1 aliphatic rings. The summed E-state index contributed by atoms with van der Waals surface area (Å²) in [6.07, 6.45) is 2.01. The summed E-state index contributed by atoms with van der Waals surface area (Å²) in [5.41, 5.74) is 5.02. The molecule has 0 atom stereocenters. The van der Waals surface area contributed by atoms with Gasteiger partial charge < -0.3 is 4.74 Å². The molecule has 2 heteroatoms. The van der Waals surface area contributed by atoms with Crippen LogP contribution in [0.25, 0.3) is 11.1 Å². The maximum atomic E-state index is 11.7. The van der Waals surface area contributed by atoms with Crippen LogP contribution in [0.2, 0.25) is 0 Å². The van der Waals surface area contributed by atoms with E-state index in [0.29, 0.717) is 13.0 Å². The Balaban J connectivity index is 1.81. The predicted molar refractivity (Wildman–Crippen MR) is 83.9 cm³/mol. The molecule has 0 saturated heterocycles. The van der Waals surface area contributed by atoms with E-state index >= 15 is 0 Å². The third-order valence-electron chi connectivity index (χ3n) is 4.00. The molecule has 107 valence electrons. The lowest BCUT2D eigenvalue weighted by molar-refractivity contribution is -0.144. The first-order valence-electron chi connectivity index (χ1n) is 7.44. The molecule has 2 nitrogen and oxygen atoms in total. The van der Waals surface area contributed by atoms with Crippen LogP contribution in [0.3, 0.4) is 0 Å². The molecular weight excluding hydrogens is 260 g/mol. The minimum atomic E-state index is -0.125. The summed E-state index contributed by atoms with van der Waals surface area (Å²) in [5, 5.41) is 0. The first-order valence-corrected chi connectivity index (χ1v) is 7.44. The number of hydrogen-bond donors (Lipinski definition) is 0. The van der Waals surface area contributed by atoms with Crippen LogP contribution in [-0.2, 0) is 9.53 Å². The highest BCUT2D eigenvalue weighted by molar-refractivity contribution is 5.79. The molecule has 0 heterocycles. The van der Waals surface area contributed by atoms with Crippen LogP contribution in [0.4, 0.5) is 0 Å². The quantitative estimate of drug-likeness (QED) is 0.761. The molecule has 0 N–H and O–H groups in total. The van der Waals surface area contributed by atoms with Gasteiger partial charge >= 0.3 is 5.97 Å². The number of esters is 1. The summed E-state index contributed by atoms with van der Waals surface area (Å²) >= 11 is 0. The van der Waals surface area contributed by atoms with Gasteiger partial charge in [0.15, 0.2) is 0 Å². The minimum absolute atomic E-state index is 0.125. The molecule has 0 fully saturated rings. The van der Waals surface area contributed by atoms with Crippen molar-refractivity contribution in [2.24, 2.45) is 0 Å². The van der Waals surface area contributed by atoms with E-state index in [4.69, 9.17) is 4.74 Å². The van der Waals surface area contributed by atoms with E-state index in [-0.39, 0.29) is 11.9 Å². The number of carbonyl (C=O) groups excluding carboxylic acids is 1. The maximum absolute atomic E-state index is 11.7. The van der Waals surface area contributed by atoms with Gasteiger partial charge in [-0.1, -0.05) is 61.9 Å². The van der Waals surface area contributed by atoms with Gasteiger partial charge in [0.25, 0.3) is 0 Å². The van der Waals surface area contributed by atoms with Gasteiger partial charge in [-0.2, -0.15) is 0 Å². The fourth-order valence-corrected chi connectivity index (χ4v) is 2.96. The van der Waals surface area contributed by atoms with E-state index in [1.54, 1.807) is 0 Å². The monoisotopic (exact) mass is 279 g/mol. The van der Waals surface area contributed by atoms with Crippen molar-refractivity contribution in [3.63, 3.8) is 0 Å². The zero-order chi connectivity index (χ0) is 14.7. The summed E-state index contributed by atoms with van der Waals surface area (Å²) in [5.74, 6) is 0.0293. The molecule has 0 aliphatic heterocycles. The largest absolute Gasteiger partial charge is 0.465 e. The third-order valence-corrected chi connectivity index (χ3v) is 4.00. The first kappa shape index (κ1) is 13.9. The number of benzene rings is 2. The second kappa shape index (κ2) is 6.13. The van der Waals surface area contributed by atoms with E-state index in [2.05, 4.69) is 43.3 Å². The Morgan fingerprint density at radius 1 is 1.00 bits per heavy atom. The summed E-state index contributed by atoms with van der Waals surface area (Å²) in [4.78, 5) is 11.7. The number of hydrogen-bond acceptors (Lipinski definition) is 2. The summed E-state index contributed by atoms with van der Waals surface area (Å²) in [6.45, 7) is 4.17. The Morgan fingerprint density at radius 2 is 1.57 bits per heavy atom. The zero-order valence-corrected chi connectivity index (χ0v) is 12.0. The molecule has 1 radical (unpaired) electrons. The molecule has 3 rings (SSSR count). The summed E-state index contributed by atoms with van der Waals surface area (Å²) in [6, 6.07) is 16.7. The molecule has 0 aromatic heterocycles. The number of ether oxygens (including phenoxy) is 1. The molecule has 0 spiro atoms. The van der Waals surface area contributed by atoms with Gasteiger partial charge in [-0.15, -0.1) is 0 Å². The second-order valence-electron chi connectivity index (χ2n) is 5.37. The van der Waals surface area contributed by atoms with E-state index in [1.807, 2.05) is 12.1 Å². The molecule has 0 amide bonds. The van der Waals surface area contributed by atoms with E-state index in [0.717, 1.165) is 12.8 Å². The number of carbonyl (C=O) groups is 1. The Kier molecular flexibility index (Phi) is 4.05. The average Bonchev–Trinajstić information content (AvgIpc) is 2.85. The normalized spacial score (nSPS) is 12.8. The van der Waals surface area contributed by atoms with Crippen LogP contribution in [0, 0.1) is 6.92 Å². The molecular formula is C19H19O2. The van der Waals surface area contributed by atoms with Crippen molar-refractivity contribution in [2.75, 3.05) is 6.61 Å². The molecule has 0 unspecified atom stereocenters. The van der Waals surface area contributed by atoms with Crippen LogP contribution in [-0.4, -0.2) is 12.6 Å². The van der Waals surface area contributed by atoms with Gasteiger partial charge in [0.05, 0.1) is 0 Å². The fraction of sp³-hybridized carbons (Fsp3) is 0.263. The van der Waals surface area contributed by atoms with Gasteiger partial charge in [-0.25, -0.2) is 0 Å². The fourth-order valence-electron chi connectivity index (χ4n) is 2.96. The molecule has 2 aromatic rings. The van der Waals surface area contributed by atoms with Gasteiger partial charge in [-0.3, -0.25) is 4.79 Å². The second-order valence-corrected chi connectivity index (χ2v) is 5.37. The number of rotatable bonds is 5. The van der Waals surface area contributed by atoms with Crippen LogP contribution in [0.5, 0.6) is 0 Å². The Hall–Kier alpha value is -2.09. The van der Waals surface area contributed by atoms with Gasteiger partial charge in [0, 0.05) is 12.3 Å². The molecule has 21 heavy (non-hydrogen) atoms. The van der Waals surface area contributed by atoms with Crippen molar-refractivity contribution in [3.8, 4) is 11.1 Å². The molecule has 0 saturated carbocycles. The average molecular weight is 279 g/mol. The standard InChI is InChI=1S/C19H19O2/c1-2-3-12-19(20)21-13-18-16-10-6-4-8-14(16)15-9-5-7-11-17(15)18/h4-11,18H,1-3,12-13H2. The lowest BCUT2D eigenvalue weighted by atomic mass is 9.98. The Bertz CT molecular complexity index is 600. The lowest BCUT2D eigenvalue weighted by Crippen LogP contribution is -2.12. The highest BCUT2D eigenvalue weighted by atomic mass is 16.5. The van der Waals surface area contributed by atoms with Crippen LogP contribution >= 0.6 is 0 Å². The van der Waals surface area contributed by atoms with Crippen molar-refractivity contribution < 1.29 is 9.53 Å². The Labute approximate surface area is 125 Å². The molecule has 0 bridgehead atoms. The maximum Gasteiger partial charge on any atom is 0.305 e. The van der Waals surface area contributed by atoms with E-state index in [1.165, 1.54) is 22.3 Å². The van der Waals surface area contributed by atoms with Crippen molar-refractivity contribution in [1.29, 1.82) is 0 Å². The van der Waals surface area contributed by atoms with Crippen LogP contribution in [0.1, 0.15) is 36.3 Å². The van der Waals surface area contributed by atoms with E-state index < -0.39 is 0 Å². The molecule has 1 aliphatic carbocycles. The Morgan fingerprint density at radius 3 is 2.14 bits per heavy atom. The van der Waals surface area contributed by atoms with Gasteiger partial charge in [-0.05, 0) is 28.7 Å². The summed E-state index contributed by atoms with van der Waals surface area (Å²) in [7, 11) is 0. The van der Waals surface area contributed by atoms with Gasteiger partial charge in [0.2, 0.25) is 0 Å². The minimum Gasteiger partial charge on any atom is -0.465 e. The van der Waals surface area contributed by atoms with Gasteiger partial charge in [0.1, 0.15) is 6.61 Å². The van der Waals surface area contributed by atoms with Crippen LogP contribution < -0.4 is 0 Å². The van der Waals surface area contributed by atoms with Crippen molar-refractivity contribution >= 4 is 5.97 Å². The van der Waals surface area contributed by atoms with Crippen molar-refractivity contribution in [1.82, 2.24) is 0 Å². The number of unbranched alkanes of at least 4 members (excludes halogenated alkanes) is 1. The summed E-state index contributed by atoms with van der Waals surface area (Å²) < 4.78 is 5.48. The topological polar surface area (TPSA) is 26.3 Å². The van der Waals surface area contributed by atoms with Crippen LogP contribution in [0.15, 0.2) is 48.5 Å². The third kappa shape index (κ3) is 2.71. The zero-order valence-electron chi connectivity index (χ0n) is 12.0. The highest BCUT2D eigenvalue weighted by Crippen LogP contribution is 2.44. The number of fused-ring (bicyclic) bond motifs is 3. The highest BCUT2D eigenvalue weighted by Gasteiger charge is 2.28. The van der Waals surface area contributed by atoms with Crippen molar-refractivity contribution in [2.45, 2.75) is 25.2 Å². The molecule has 2 aromatic carbocycles.